The summed E-state index contributed by atoms with van der Waals surface area (Å²) in [5.41, 5.74) is 5.43. The quantitative estimate of drug-likeness (QED) is 0.620. The van der Waals surface area contributed by atoms with E-state index in [2.05, 4.69) is 9.93 Å². The maximum Gasteiger partial charge on any atom is 0.258 e. The van der Waals surface area contributed by atoms with E-state index in [9.17, 15) is 8.42 Å². The van der Waals surface area contributed by atoms with Crippen LogP contribution in [0.5, 0.6) is 0 Å². The Morgan fingerprint density at radius 2 is 2.14 bits per heavy atom. The molecular weight excluding hydrogens is 206 g/mol. The SMILES string of the molecule is CN(C)NS(=O)(=O)c1cn(C)nc1N. The lowest BCUT2D eigenvalue weighted by Crippen LogP contribution is -2.36. The van der Waals surface area contributed by atoms with Crippen LogP contribution in [0.4, 0.5) is 5.82 Å². The van der Waals surface area contributed by atoms with Crippen molar-refractivity contribution < 1.29 is 8.42 Å². The van der Waals surface area contributed by atoms with Gasteiger partial charge >= 0.3 is 0 Å². The molecule has 0 spiro atoms. The summed E-state index contributed by atoms with van der Waals surface area (Å²) < 4.78 is 24.5. The first-order valence-corrected chi connectivity index (χ1v) is 5.30. The van der Waals surface area contributed by atoms with Gasteiger partial charge < -0.3 is 5.73 Å². The van der Waals surface area contributed by atoms with Crippen LogP contribution < -0.4 is 10.6 Å². The first-order chi connectivity index (χ1) is 6.33. The normalized spacial score (nSPS) is 12.3. The molecule has 0 aliphatic rings. The van der Waals surface area contributed by atoms with Crippen molar-refractivity contribution in [2.45, 2.75) is 4.90 Å². The summed E-state index contributed by atoms with van der Waals surface area (Å²) in [4.78, 5) is 2.24. The van der Waals surface area contributed by atoms with E-state index in [0.29, 0.717) is 0 Å². The summed E-state index contributed by atoms with van der Waals surface area (Å²) >= 11 is 0. The fraction of sp³-hybridized carbons (Fsp3) is 0.500. The van der Waals surface area contributed by atoms with Crippen molar-refractivity contribution in [2.24, 2.45) is 7.05 Å². The first kappa shape index (κ1) is 11.0. The zero-order valence-electron chi connectivity index (χ0n) is 8.22. The van der Waals surface area contributed by atoms with Gasteiger partial charge in [0.25, 0.3) is 10.0 Å². The van der Waals surface area contributed by atoms with Gasteiger partial charge in [-0.3, -0.25) is 4.68 Å². The molecule has 0 amide bonds. The number of nitrogens with one attached hydrogen (secondary N) is 1. The maximum absolute atomic E-state index is 11.6. The monoisotopic (exact) mass is 219 g/mol. The molecule has 1 rings (SSSR count). The minimum absolute atomic E-state index is 0.0122. The van der Waals surface area contributed by atoms with E-state index in [-0.39, 0.29) is 10.7 Å². The highest BCUT2D eigenvalue weighted by molar-refractivity contribution is 7.89. The third kappa shape index (κ3) is 2.22. The molecule has 1 aromatic heterocycles. The van der Waals surface area contributed by atoms with Crippen LogP contribution >= 0.6 is 0 Å². The summed E-state index contributed by atoms with van der Waals surface area (Å²) in [6, 6.07) is 0. The van der Waals surface area contributed by atoms with Gasteiger partial charge in [0.1, 0.15) is 4.90 Å². The molecule has 0 saturated heterocycles. The molecule has 7 nitrogen and oxygen atoms in total. The fourth-order valence-corrected chi connectivity index (χ4v) is 2.17. The molecule has 1 aromatic rings. The van der Waals surface area contributed by atoms with Gasteiger partial charge in [-0.05, 0) is 0 Å². The molecule has 3 N–H and O–H groups in total. The smallest absolute Gasteiger partial charge is 0.258 e. The summed E-state index contributed by atoms with van der Waals surface area (Å²) in [5, 5.41) is 5.06. The van der Waals surface area contributed by atoms with Gasteiger partial charge in [-0.2, -0.15) is 5.10 Å². The molecule has 0 aliphatic heterocycles. The molecule has 8 heteroatoms. The van der Waals surface area contributed by atoms with Crippen molar-refractivity contribution in [3.8, 4) is 0 Å². The lowest BCUT2D eigenvalue weighted by atomic mass is 10.7. The van der Waals surface area contributed by atoms with Gasteiger partial charge in [0.05, 0.1) is 0 Å². The Morgan fingerprint density at radius 3 is 2.50 bits per heavy atom. The Kier molecular flexibility index (Phi) is 2.79. The zero-order valence-corrected chi connectivity index (χ0v) is 9.04. The molecule has 1 heterocycles. The van der Waals surface area contributed by atoms with Crippen LogP contribution in [0.2, 0.25) is 0 Å². The Hall–Kier alpha value is -1.12. The van der Waals surface area contributed by atoms with Crippen LogP contribution in [-0.4, -0.2) is 37.3 Å². The zero-order chi connectivity index (χ0) is 10.9. The number of nitrogens with two attached hydrogens (primary N) is 1. The highest BCUT2D eigenvalue weighted by Gasteiger charge is 2.20. The molecule has 0 unspecified atom stereocenters. The molecule has 0 radical (unpaired) electrons. The second kappa shape index (κ2) is 3.56. The number of sulfonamides is 1. The predicted molar refractivity (Wildman–Crippen MR) is 51.6 cm³/mol. The molecule has 0 aromatic carbocycles. The topological polar surface area (TPSA) is 93.2 Å². The van der Waals surface area contributed by atoms with Crippen molar-refractivity contribution >= 4 is 15.8 Å². The Balaban J connectivity index is 3.10. The molecule has 80 valence electrons. The Labute approximate surface area is 82.5 Å². The predicted octanol–water partition coefficient (Wildman–Crippen LogP) is -1.24. The van der Waals surface area contributed by atoms with Crippen LogP contribution in [0.25, 0.3) is 0 Å². The Bertz CT molecular complexity index is 421. The number of nitrogen functional groups attached to an aromatic ring is 1. The highest BCUT2D eigenvalue weighted by atomic mass is 32.2. The van der Waals surface area contributed by atoms with Gasteiger partial charge in [-0.25, -0.2) is 13.4 Å². The number of anilines is 1. The maximum atomic E-state index is 11.6. The second-order valence-electron chi connectivity index (χ2n) is 3.04. The van der Waals surface area contributed by atoms with E-state index in [1.54, 1.807) is 21.1 Å². The molecule has 0 fully saturated rings. The minimum atomic E-state index is -3.60. The van der Waals surface area contributed by atoms with Gasteiger partial charge in [-0.1, -0.05) is 0 Å². The summed E-state index contributed by atoms with van der Waals surface area (Å²) in [6.45, 7) is 0. The number of hydrogen-bond donors (Lipinski definition) is 2. The average molecular weight is 219 g/mol. The lowest BCUT2D eigenvalue weighted by molar-refractivity contribution is 0.364. The third-order valence-electron chi connectivity index (χ3n) is 1.41. The van der Waals surface area contributed by atoms with E-state index in [0.717, 1.165) is 0 Å². The lowest BCUT2D eigenvalue weighted by Gasteiger charge is -2.11. The highest BCUT2D eigenvalue weighted by Crippen LogP contribution is 2.14. The summed E-state index contributed by atoms with van der Waals surface area (Å²) in [5.74, 6) is -0.0122. The number of hydrogen-bond acceptors (Lipinski definition) is 5. The summed E-state index contributed by atoms with van der Waals surface area (Å²) in [6.07, 6.45) is 1.35. The molecule has 0 aliphatic carbocycles. The largest absolute Gasteiger partial charge is 0.381 e. The molecule has 0 atom stereocenters. The van der Waals surface area contributed by atoms with Crippen LogP contribution in [0.1, 0.15) is 0 Å². The number of aryl methyl sites for hydroxylation is 1. The molecule has 0 saturated carbocycles. The van der Waals surface area contributed by atoms with Crippen molar-refractivity contribution in [1.82, 2.24) is 19.6 Å². The van der Waals surface area contributed by atoms with Crippen LogP contribution in [0, 0.1) is 0 Å². The number of aromatic nitrogens is 2. The average Bonchev–Trinajstić information content (AvgIpc) is 2.27. The van der Waals surface area contributed by atoms with E-state index in [4.69, 9.17) is 5.73 Å². The molecular formula is C6H13N5O2S. The van der Waals surface area contributed by atoms with Crippen LogP contribution in [0.3, 0.4) is 0 Å². The van der Waals surface area contributed by atoms with Crippen molar-refractivity contribution in [2.75, 3.05) is 19.8 Å². The van der Waals surface area contributed by atoms with Gasteiger partial charge in [0, 0.05) is 27.3 Å². The Morgan fingerprint density at radius 1 is 1.57 bits per heavy atom. The van der Waals surface area contributed by atoms with Crippen LogP contribution in [0.15, 0.2) is 11.1 Å². The van der Waals surface area contributed by atoms with Gasteiger partial charge in [-0.15, -0.1) is 4.83 Å². The molecule has 0 bridgehead atoms. The van der Waals surface area contributed by atoms with E-state index >= 15 is 0 Å². The molecule has 14 heavy (non-hydrogen) atoms. The van der Waals surface area contributed by atoms with Crippen molar-refractivity contribution in [3.63, 3.8) is 0 Å². The van der Waals surface area contributed by atoms with Crippen molar-refractivity contribution in [3.05, 3.63) is 6.20 Å². The summed E-state index contributed by atoms with van der Waals surface area (Å²) in [7, 11) is 1.15. The van der Waals surface area contributed by atoms with Gasteiger partial charge in [0.2, 0.25) is 0 Å². The first-order valence-electron chi connectivity index (χ1n) is 3.82. The third-order valence-corrected chi connectivity index (χ3v) is 2.91. The second-order valence-corrected chi connectivity index (χ2v) is 4.67. The minimum Gasteiger partial charge on any atom is -0.381 e. The fourth-order valence-electron chi connectivity index (χ4n) is 0.980. The van der Waals surface area contributed by atoms with E-state index < -0.39 is 10.0 Å². The standard InChI is InChI=1S/C6H13N5O2S/c1-10(2)9-14(12,13)5-4-11(3)8-6(5)7/h4,9H,1-3H3,(H2,7,8). The van der Waals surface area contributed by atoms with E-state index in [1.807, 2.05) is 0 Å². The van der Waals surface area contributed by atoms with Crippen molar-refractivity contribution in [1.29, 1.82) is 0 Å². The van der Waals surface area contributed by atoms with Gasteiger partial charge in [0.15, 0.2) is 5.82 Å². The van der Waals surface area contributed by atoms with Crippen LogP contribution in [-0.2, 0) is 17.1 Å². The number of nitrogens with zero attached hydrogens (tertiary/aromatic N) is 3. The number of rotatable bonds is 3. The number of hydrazine groups is 1. The van der Waals surface area contributed by atoms with E-state index in [1.165, 1.54) is 15.9 Å².